The molecule has 0 bridgehead atoms. The molecule has 4 aliphatic rings. The van der Waals surface area contributed by atoms with Gasteiger partial charge < -0.3 is 40.5 Å². The zero-order chi connectivity index (χ0) is 30.2. The number of carbonyl (C=O) groups is 3. The molecular weight excluding hydrogens is 560 g/mol. The molecule has 2 aromatic heterocycles. The second-order valence-electron chi connectivity index (χ2n) is 12.3. The Hall–Kier alpha value is -3.56. The highest BCUT2D eigenvalue weighted by Crippen LogP contribution is 2.33. The molecule has 1 saturated carbocycles. The van der Waals surface area contributed by atoms with Gasteiger partial charge in [0.15, 0.2) is 23.8 Å². The summed E-state index contributed by atoms with van der Waals surface area (Å²) < 4.78 is 12.8. The molecular formula is C28H40N8O7. The van der Waals surface area contributed by atoms with Crippen molar-refractivity contribution in [1.29, 1.82) is 0 Å². The van der Waals surface area contributed by atoms with E-state index < -0.39 is 30.4 Å². The third-order valence-electron chi connectivity index (χ3n) is 8.94. The largest absolute Gasteiger partial charge is 0.449 e. The lowest BCUT2D eigenvalue weighted by molar-refractivity contribution is -0.137. The van der Waals surface area contributed by atoms with Crippen LogP contribution in [0, 0.1) is 11.8 Å². The third-order valence-corrected chi connectivity index (χ3v) is 8.94. The molecule has 0 aromatic carbocycles. The predicted octanol–water partition coefficient (Wildman–Crippen LogP) is -0.0441. The summed E-state index contributed by atoms with van der Waals surface area (Å²) in [5.74, 6) is 0.887. The van der Waals surface area contributed by atoms with Gasteiger partial charge in [-0.2, -0.15) is 0 Å². The molecule has 3 aliphatic heterocycles. The zero-order valence-electron chi connectivity index (χ0n) is 24.3. The van der Waals surface area contributed by atoms with Crippen LogP contribution in [0.25, 0.3) is 11.2 Å². The molecule has 2 unspecified atom stereocenters. The summed E-state index contributed by atoms with van der Waals surface area (Å²) in [7, 11) is 1.76. The Bertz CT molecular complexity index is 1360. The smallest absolute Gasteiger partial charge is 0.409 e. The van der Waals surface area contributed by atoms with Gasteiger partial charge in [-0.25, -0.2) is 19.7 Å². The van der Waals surface area contributed by atoms with Crippen LogP contribution in [0.5, 0.6) is 0 Å². The van der Waals surface area contributed by atoms with Gasteiger partial charge in [0.2, 0.25) is 5.91 Å². The molecule has 5 atom stereocenters. The standard InChI is InChI=1S/C28H40N8O7/c1-34-12-16(11-19(34)37)13-42-28(41)35-9-7-15(8-10-35)3-2-4-18-32-24(29)20-25(33-18)36(14-30-20)27-22(39)21(38)23(43-27)26(40)31-17-5-6-17/h14-17,21-23,27,38-39H,2-13H2,1H3,(H,31,40)(H2,29,32,33)/t16?,21-,22?,23+,27-/m1/s1. The fourth-order valence-corrected chi connectivity index (χ4v) is 6.20. The van der Waals surface area contributed by atoms with Crippen molar-refractivity contribution in [2.24, 2.45) is 11.8 Å². The van der Waals surface area contributed by atoms with E-state index in [1.54, 1.807) is 16.8 Å². The number of hydrogen-bond donors (Lipinski definition) is 4. The second-order valence-corrected chi connectivity index (χ2v) is 12.3. The number of hydrogen-bond acceptors (Lipinski definition) is 11. The fraction of sp³-hybridized carbons (Fsp3) is 0.714. The van der Waals surface area contributed by atoms with Crippen molar-refractivity contribution in [2.75, 3.05) is 39.0 Å². The number of amides is 3. The van der Waals surface area contributed by atoms with Crippen LogP contribution in [0.1, 0.15) is 57.0 Å². The fourth-order valence-electron chi connectivity index (χ4n) is 6.20. The monoisotopic (exact) mass is 600 g/mol. The lowest BCUT2D eigenvalue weighted by Crippen LogP contribution is -2.43. The van der Waals surface area contributed by atoms with E-state index in [1.807, 2.05) is 0 Å². The zero-order valence-corrected chi connectivity index (χ0v) is 24.3. The van der Waals surface area contributed by atoms with Crippen molar-refractivity contribution in [3.8, 4) is 0 Å². The van der Waals surface area contributed by atoms with Gasteiger partial charge in [0.1, 0.15) is 23.5 Å². The minimum Gasteiger partial charge on any atom is -0.449 e. The number of aliphatic hydroxyl groups excluding tert-OH is 2. The number of aliphatic hydroxyl groups is 2. The highest BCUT2D eigenvalue weighted by Gasteiger charge is 2.48. The van der Waals surface area contributed by atoms with Crippen molar-refractivity contribution in [3.05, 3.63) is 12.2 Å². The molecule has 6 rings (SSSR count). The maximum atomic E-state index is 12.5. The van der Waals surface area contributed by atoms with Crippen molar-refractivity contribution >= 4 is 34.9 Å². The molecule has 43 heavy (non-hydrogen) atoms. The van der Waals surface area contributed by atoms with Crippen molar-refractivity contribution in [3.63, 3.8) is 0 Å². The van der Waals surface area contributed by atoms with Crippen LogP contribution in [-0.2, 0) is 25.5 Å². The molecule has 4 fully saturated rings. The lowest BCUT2D eigenvalue weighted by Gasteiger charge is -2.31. The van der Waals surface area contributed by atoms with Crippen molar-refractivity contribution in [1.82, 2.24) is 34.6 Å². The average molecular weight is 601 g/mol. The van der Waals surface area contributed by atoms with Crippen LogP contribution in [0.2, 0.25) is 0 Å². The number of nitrogen functional groups attached to an aromatic ring is 1. The molecule has 2 aromatic rings. The summed E-state index contributed by atoms with van der Waals surface area (Å²) in [4.78, 5) is 53.5. The Balaban J connectivity index is 0.995. The molecule has 1 aliphatic carbocycles. The van der Waals surface area contributed by atoms with Gasteiger partial charge in [0.05, 0.1) is 12.9 Å². The number of aryl methyl sites for hydroxylation is 1. The molecule has 0 radical (unpaired) electrons. The van der Waals surface area contributed by atoms with Crippen LogP contribution in [-0.4, -0.2) is 115 Å². The molecule has 15 heteroatoms. The van der Waals surface area contributed by atoms with E-state index in [9.17, 15) is 24.6 Å². The second kappa shape index (κ2) is 12.2. The average Bonchev–Trinajstić information content (AvgIpc) is 3.49. The van der Waals surface area contributed by atoms with Crippen molar-refractivity contribution < 1.29 is 34.1 Å². The number of aromatic nitrogens is 4. The summed E-state index contributed by atoms with van der Waals surface area (Å²) in [5.41, 5.74) is 6.91. The van der Waals surface area contributed by atoms with Gasteiger partial charge >= 0.3 is 6.09 Å². The molecule has 5 N–H and O–H groups in total. The topological polar surface area (TPSA) is 198 Å². The lowest BCUT2D eigenvalue weighted by atomic mass is 9.91. The number of likely N-dealkylation sites (tertiary alicyclic amines) is 2. The Kier molecular flexibility index (Phi) is 8.38. The number of nitrogens with zero attached hydrogens (tertiary/aromatic N) is 6. The number of nitrogens with one attached hydrogen (secondary N) is 1. The molecule has 3 saturated heterocycles. The molecule has 234 valence electrons. The minimum absolute atomic E-state index is 0.0609. The summed E-state index contributed by atoms with van der Waals surface area (Å²) in [6.07, 6.45) is 2.40. The number of imidazole rings is 1. The number of ether oxygens (including phenoxy) is 2. The normalized spacial score (nSPS) is 28.2. The Morgan fingerprint density at radius 3 is 2.60 bits per heavy atom. The van der Waals surface area contributed by atoms with Crippen LogP contribution >= 0.6 is 0 Å². The van der Waals surface area contributed by atoms with Crippen LogP contribution in [0.4, 0.5) is 10.6 Å². The first-order chi connectivity index (χ1) is 20.7. The summed E-state index contributed by atoms with van der Waals surface area (Å²) in [5, 5.41) is 24.0. The van der Waals surface area contributed by atoms with Gasteiger partial charge in [-0.15, -0.1) is 0 Å². The van der Waals surface area contributed by atoms with Gasteiger partial charge in [0.25, 0.3) is 5.91 Å². The first kappa shape index (κ1) is 29.5. The third kappa shape index (κ3) is 6.38. The van der Waals surface area contributed by atoms with Gasteiger partial charge in [-0.05, 0) is 44.4 Å². The summed E-state index contributed by atoms with van der Waals surface area (Å²) in [6.45, 7) is 2.16. The number of nitrogens with two attached hydrogens (primary N) is 1. The number of rotatable bonds is 9. The van der Waals surface area contributed by atoms with E-state index in [4.69, 9.17) is 15.2 Å². The quantitative estimate of drug-likeness (QED) is 0.301. The Labute approximate surface area is 248 Å². The Morgan fingerprint density at radius 2 is 1.91 bits per heavy atom. The van der Waals surface area contributed by atoms with Crippen LogP contribution in [0.3, 0.4) is 0 Å². The predicted molar refractivity (Wildman–Crippen MR) is 151 cm³/mol. The number of piperidine rings is 1. The number of carbonyl (C=O) groups excluding carboxylic acids is 3. The highest BCUT2D eigenvalue weighted by molar-refractivity contribution is 5.83. The maximum absolute atomic E-state index is 12.5. The SMILES string of the molecule is CN1CC(COC(=O)N2CCC(CCCc3nc(N)c4ncn([C@@H]5O[C@H](C(=O)NC6CC6)[C@H](O)C5O)c4n3)CC2)CC1=O. The van der Waals surface area contributed by atoms with Gasteiger partial charge in [0, 0.05) is 51.5 Å². The molecule has 3 amide bonds. The maximum Gasteiger partial charge on any atom is 0.409 e. The number of fused-ring (bicyclic) bond motifs is 1. The van der Waals surface area contributed by atoms with E-state index in [1.165, 1.54) is 10.9 Å². The van der Waals surface area contributed by atoms with E-state index in [2.05, 4.69) is 20.3 Å². The highest BCUT2D eigenvalue weighted by atomic mass is 16.6. The van der Waals surface area contributed by atoms with E-state index >= 15 is 0 Å². The summed E-state index contributed by atoms with van der Waals surface area (Å²) in [6, 6.07) is 0.0933. The molecule has 5 heterocycles. The van der Waals surface area contributed by atoms with E-state index in [0.717, 1.165) is 38.5 Å². The van der Waals surface area contributed by atoms with Gasteiger partial charge in [-0.1, -0.05) is 0 Å². The first-order valence-electron chi connectivity index (χ1n) is 15.1. The van der Waals surface area contributed by atoms with E-state index in [0.29, 0.717) is 55.4 Å². The van der Waals surface area contributed by atoms with Crippen LogP contribution < -0.4 is 11.1 Å². The van der Waals surface area contributed by atoms with Crippen LogP contribution in [0.15, 0.2) is 6.33 Å². The number of anilines is 1. The van der Waals surface area contributed by atoms with Crippen molar-refractivity contribution in [2.45, 2.75) is 81.9 Å². The first-order valence-corrected chi connectivity index (χ1v) is 15.1. The summed E-state index contributed by atoms with van der Waals surface area (Å²) >= 11 is 0. The molecule has 15 nitrogen and oxygen atoms in total. The minimum atomic E-state index is -1.40. The molecule has 0 spiro atoms. The van der Waals surface area contributed by atoms with Gasteiger partial charge in [-0.3, -0.25) is 14.2 Å². The van der Waals surface area contributed by atoms with E-state index in [-0.39, 0.29) is 36.4 Å². The Morgan fingerprint density at radius 1 is 1.14 bits per heavy atom.